The monoisotopic (exact) mass is 382 g/mol. The summed E-state index contributed by atoms with van der Waals surface area (Å²) < 4.78 is 44.4. The first kappa shape index (κ1) is 19.6. The summed E-state index contributed by atoms with van der Waals surface area (Å²) in [6, 6.07) is 13.3. The van der Waals surface area contributed by atoms with E-state index in [2.05, 4.69) is 9.83 Å². The molecule has 3 rings (SSSR count). The first-order chi connectivity index (χ1) is 13.2. The topological polar surface area (TPSA) is 37.5 Å². The summed E-state index contributed by atoms with van der Waals surface area (Å²) in [5, 5.41) is 10.5. The molecule has 0 bridgehead atoms. The van der Waals surface area contributed by atoms with E-state index in [0.717, 1.165) is 29.3 Å². The number of hydrogen-bond acceptors (Lipinski definition) is 2. The normalized spacial score (nSPS) is 13.6. The Labute approximate surface area is 160 Å². The van der Waals surface area contributed by atoms with Crippen molar-refractivity contribution < 1.29 is 18.3 Å². The fraction of sp³-hybridized carbons (Fsp3) is 0.182. The largest absolute Gasteiger partial charge is 0.433 e. The molecule has 0 aliphatic carbocycles. The van der Waals surface area contributed by atoms with Crippen LogP contribution in [0.4, 0.5) is 13.2 Å². The minimum Gasteiger partial charge on any atom is -0.315 e. The molecular weight excluding hydrogens is 365 g/mol. The number of pyridine rings is 1. The van der Waals surface area contributed by atoms with E-state index < -0.39 is 28.7 Å². The quantitative estimate of drug-likeness (QED) is 0.617. The van der Waals surface area contributed by atoms with Crippen LogP contribution in [0.25, 0.3) is 16.0 Å². The maximum absolute atomic E-state index is 15.1. The third kappa shape index (κ3) is 3.25. The molecule has 0 radical (unpaired) electrons. The van der Waals surface area contributed by atoms with Crippen LogP contribution in [0, 0.1) is 26.2 Å². The molecule has 0 saturated carbocycles. The van der Waals surface area contributed by atoms with Crippen LogP contribution in [0.15, 0.2) is 60.8 Å². The van der Waals surface area contributed by atoms with Crippen molar-refractivity contribution in [3.05, 3.63) is 100 Å². The van der Waals surface area contributed by atoms with Crippen molar-refractivity contribution in [2.75, 3.05) is 0 Å². The van der Waals surface area contributed by atoms with Gasteiger partial charge in [-0.25, -0.2) is 11.0 Å². The first-order valence-corrected chi connectivity index (χ1v) is 8.48. The zero-order valence-electron chi connectivity index (χ0n) is 15.2. The summed E-state index contributed by atoms with van der Waals surface area (Å²) >= 11 is 0. The molecule has 6 heteroatoms. The Morgan fingerprint density at radius 2 is 1.54 bits per heavy atom. The van der Waals surface area contributed by atoms with E-state index in [1.165, 1.54) is 18.3 Å². The lowest BCUT2D eigenvalue weighted by Gasteiger charge is -2.25. The summed E-state index contributed by atoms with van der Waals surface area (Å²) in [7, 11) is 0. The summed E-state index contributed by atoms with van der Waals surface area (Å²) in [5.41, 5.74) is -2.09. The molecule has 3 aromatic rings. The Hall–Kier alpha value is -3.17. The molecule has 0 aliphatic heterocycles. The van der Waals surface area contributed by atoms with Crippen molar-refractivity contribution in [2.24, 2.45) is 0 Å². The second-order valence-corrected chi connectivity index (χ2v) is 6.64. The van der Waals surface area contributed by atoms with Crippen molar-refractivity contribution in [3.8, 4) is 11.1 Å². The van der Waals surface area contributed by atoms with Crippen LogP contribution in [0.3, 0.4) is 0 Å². The van der Waals surface area contributed by atoms with Crippen molar-refractivity contribution in [3.63, 3.8) is 0 Å². The van der Waals surface area contributed by atoms with Gasteiger partial charge in [0.05, 0.1) is 0 Å². The van der Waals surface area contributed by atoms with Gasteiger partial charge in [-0.3, -0.25) is 9.83 Å². The number of alkyl halides is 2. The van der Waals surface area contributed by atoms with Crippen LogP contribution in [0.1, 0.15) is 22.4 Å². The second kappa shape index (κ2) is 7.10. The fourth-order valence-electron chi connectivity index (χ4n) is 2.88. The SMILES string of the molecule is [C-]#[N+][C@](O)(c1ccc(C)cc1F)C(F)(F)c1ccc(-c2ccc(C)cc2)cn1. The fourth-order valence-corrected chi connectivity index (χ4v) is 2.88. The summed E-state index contributed by atoms with van der Waals surface area (Å²) in [6.45, 7) is 10.7. The maximum atomic E-state index is 15.1. The molecule has 1 N–H and O–H groups in total. The Kier molecular flexibility index (Phi) is 4.97. The molecule has 0 unspecified atom stereocenters. The van der Waals surface area contributed by atoms with E-state index in [1.54, 1.807) is 6.92 Å². The minimum atomic E-state index is -4.13. The van der Waals surface area contributed by atoms with E-state index >= 15 is 8.78 Å². The number of hydrogen-bond donors (Lipinski definition) is 1. The van der Waals surface area contributed by atoms with Gasteiger partial charge < -0.3 is 5.11 Å². The molecule has 0 aliphatic rings. The number of benzene rings is 2. The van der Waals surface area contributed by atoms with Crippen LogP contribution >= 0.6 is 0 Å². The lowest BCUT2D eigenvalue weighted by Crippen LogP contribution is -2.41. The van der Waals surface area contributed by atoms with Gasteiger partial charge >= 0.3 is 11.6 Å². The number of aryl methyl sites for hydroxylation is 2. The average Bonchev–Trinajstić information content (AvgIpc) is 2.68. The Morgan fingerprint density at radius 3 is 2.07 bits per heavy atom. The summed E-state index contributed by atoms with van der Waals surface area (Å²) in [4.78, 5) is 6.45. The maximum Gasteiger partial charge on any atom is 0.433 e. The van der Waals surface area contributed by atoms with Gasteiger partial charge in [-0.05, 0) is 43.2 Å². The van der Waals surface area contributed by atoms with Gasteiger partial charge in [-0.2, -0.15) is 8.78 Å². The number of aromatic nitrogens is 1. The molecule has 0 fully saturated rings. The van der Waals surface area contributed by atoms with Crippen molar-refractivity contribution in [1.82, 2.24) is 4.98 Å². The molecule has 1 heterocycles. The van der Waals surface area contributed by atoms with Crippen molar-refractivity contribution >= 4 is 0 Å². The Balaban J connectivity index is 2.02. The average molecular weight is 382 g/mol. The highest BCUT2D eigenvalue weighted by molar-refractivity contribution is 5.62. The number of aliphatic hydroxyl groups is 1. The standard InChI is InChI=1S/C22H17F3N2O/c1-14-4-7-16(8-5-14)17-9-11-20(27-13-17)21(24,25)22(28,26-3)18-10-6-15(2)12-19(18)23/h4-13,28H,1-2H3/t22-/m0/s1. The smallest absolute Gasteiger partial charge is 0.315 e. The zero-order chi connectivity index (χ0) is 20.5. The highest BCUT2D eigenvalue weighted by Gasteiger charge is 2.64. The predicted molar refractivity (Wildman–Crippen MR) is 99.9 cm³/mol. The van der Waals surface area contributed by atoms with Crippen molar-refractivity contribution in [1.29, 1.82) is 0 Å². The van der Waals surface area contributed by atoms with Crippen LogP contribution in [0.2, 0.25) is 0 Å². The molecule has 1 atom stereocenters. The van der Waals surface area contributed by atoms with Gasteiger partial charge in [0, 0.05) is 11.8 Å². The third-order valence-electron chi connectivity index (χ3n) is 4.57. The minimum absolute atomic E-state index is 0.484. The van der Waals surface area contributed by atoms with Crippen LogP contribution in [-0.2, 0) is 11.6 Å². The highest BCUT2D eigenvalue weighted by atomic mass is 19.3. The second-order valence-electron chi connectivity index (χ2n) is 6.64. The van der Waals surface area contributed by atoms with E-state index in [4.69, 9.17) is 6.57 Å². The van der Waals surface area contributed by atoms with Crippen LogP contribution in [-0.4, -0.2) is 10.1 Å². The van der Waals surface area contributed by atoms with E-state index in [1.807, 2.05) is 31.2 Å². The first-order valence-electron chi connectivity index (χ1n) is 8.48. The molecule has 0 spiro atoms. The van der Waals surface area contributed by atoms with E-state index in [0.29, 0.717) is 11.1 Å². The lowest BCUT2D eigenvalue weighted by molar-refractivity contribution is -0.173. The molecule has 142 valence electrons. The van der Waals surface area contributed by atoms with Gasteiger partial charge in [0.1, 0.15) is 17.1 Å². The predicted octanol–water partition coefficient (Wildman–Crippen LogP) is 5.36. The Morgan fingerprint density at radius 1 is 0.929 bits per heavy atom. The van der Waals surface area contributed by atoms with Crippen molar-refractivity contribution in [2.45, 2.75) is 25.5 Å². The van der Waals surface area contributed by atoms with E-state index in [-0.39, 0.29) is 0 Å². The number of halogens is 3. The zero-order valence-corrected chi connectivity index (χ0v) is 15.2. The highest BCUT2D eigenvalue weighted by Crippen LogP contribution is 2.46. The summed E-state index contributed by atoms with van der Waals surface area (Å²) in [5.74, 6) is -5.20. The molecule has 2 aromatic carbocycles. The van der Waals surface area contributed by atoms with Gasteiger partial charge in [0.2, 0.25) is 0 Å². The number of nitrogens with zero attached hydrogens (tertiary/aromatic N) is 2. The molecule has 1 aromatic heterocycles. The third-order valence-corrected chi connectivity index (χ3v) is 4.57. The van der Waals surface area contributed by atoms with Crippen LogP contribution < -0.4 is 0 Å². The number of rotatable bonds is 4. The molecule has 3 nitrogen and oxygen atoms in total. The van der Waals surface area contributed by atoms with E-state index in [9.17, 15) is 9.50 Å². The lowest BCUT2D eigenvalue weighted by atomic mass is 9.92. The van der Waals surface area contributed by atoms with Gasteiger partial charge in [0.25, 0.3) is 0 Å². The molecule has 28 heavy (non-hydrogen) atoms. The molecule has 0 saturated heterocycles. The Bertz CT molecular complexity index is 1040. The van der Waals surface area contributed by atoms with Crippen LogP contribution in [0.5, 0.6) is 0 Å². The van der Waals surface area contributed by atoms with Gasteiger partial charge in [-0.15, -0.1) is 0 Å². The van der Waals surface area contributed by atoms with Gasteiger partial charge in [-0.1, -0.05) is 42.0 Å². The molecule has 0 amide bonds. The summed E-state index contributed by atoms with van der Waals surface area (Å²) in [6.07, 6.45) is 1.24. The van der Waals surface area contributed by atoms with Gasteiger partial charge in [0.15, 0.2) is 0 Å². The molecular formula is C22H17F3N2O.